The first-order valence-electron chi connectivity index (χ1n) is 12.3. The third kappa shape index (κ3) is 4.56. The highest BCUT2D eigenvalue weighted by Gasteiger charge is 2.36. The molecule has 5 nitrogen and oxygen atoms in total. The van der Waals surface area contributed by atoms with E-state index in [-0.39, 0.29) is 5.91 Å². The Hall–Kier alpha value is -2.66. The Morgan fingerprint density at radius 3 is 2.76 bits per heavy atom. The number of fused-ring (bicyclic) bond motifs is 1. The van der Waals surface area contributed by atoms with Gasteiger partial charge in [-0.25, -0.2) is 0 Å². The second kappa shape index (κ2) is 9.30. The van der Waals surface area contributed by atoms with Crippen LogP contribution < -0.4 is 5.73 Å². The summed E-state index contributed by atoms with van der Waals surface area (Å²) in [6.07, 6.45) is 5.10. The smallest absolute Gasteiger partial charge is 0.232 e. The molecule has 0 bridgehead atoms. The number of nitrogens with zero attached hydrogens (tertiary/aromatic N) is 2. The molecular weight excluding hydrogens is 408 g/mol. The van der Waals surface area contributed by atoms with E-state index in [0.717, 1.165) is 54.0 Å². The van der Waals surface area contributed by atoms with E-state index in [4.69, 9.17) is 5.73 Å². The minimum absolute atomic E-state index is 0.218. The highest BCUT2D eigenvalue weighted by molar-refractivity contribution is 5.94. The maximum atomic E-state index is 13.7. The number of piperidine rings is 1. The van der Waals surface area contributed by atoms with E-state index >= 15 is 0 Å². The number of pyridine rings is 1. The monoisotopic (exact) mass is 446 g/mol. The molecule has 1 atom stereocenters. The minimum atomic E-state index is -0.586. The second-order valence-electron chi connectivity index (χ2n) is 10.5. The number of carbonyl (C=O) groups is 1. The van der Waals surface area contributed by atoms with Crippen molar-refractivity contribution in [2.24, 2.45) is 11.7 Å². The number of amides is 1. The molecule has 0 spiro atoms. The molecule has 1 aromatic carbocycles. The first kappa shape index (κ1) is 23.5. The molecule has 1 fully saturated rings. The van der Waals surface area contributed by atoms with E-state index < -0.39 is 5.41 Å². The van der Waals surface area contributed by atoms with Gasteiger partial charge >= 0.3 is 0 Å². The largest absolute Gasteiger partial charge is 0.354 e. The molecule has 3 heterocycles. The van der Waals surface area contributed by atoms with Gasteiger partial charge in [-0.15, -0.1) is 0 Å². The molecule has 1 aliphatic rings. The van der Waals surface area contributed by atoms with E-state index in [9.17, 15) is 4.79 Å². The van der Waals surface area contributed by atoms with Crippen molar-refractivity contribution in [3.8, 4) is 11.3 Å². The van der Waals surface area contributed by atoms with Crippen molar-refractivity contribution in [1.29, 1.82) is 0 Å². The van der Waals surface area contributed by atoms with Crippen LogP contribution in [-0.2, 0) is 10.2 Å². The number of aryl methyl sites for hydroxylation is 1. The number of aromatic amines is 1. The molecule has 3 aromatic rings. The highest BCUT2D eigenvalue weighted by atomic mass is 16.2. The minimum Gasteiger partial charge on any atom is -0.354 e. The fourth-order valence-electron chi connectivity index (χ4n) is 5.37. The van der Waals surface area contributed by atoms with Gasteiger partial charge in [0.2, 0.25) is 5.91 Å². The summed E-state index contributed by atoms with van der Waals surface area (Å²) in [5.74, 6) is 1.08. The Balaban J connectivity index is 1.72. The number of benzene rings is 1. The first-order chi connectivity index (χ1) is 15.7. The summed E-state index contributed by atoms with van der Waals surface area (Å²) in [5, 5.41) is 1.20. The van der Waals surface area contributed by atoms with E-state index in [1.165, 1.54) is 17.4 Å². The Kier molecular flexibility index (Phi) is 6.62. The van der Waals surface area contributed by atoms with Crippen LogP contribution in [0.2, 0.25) is 0 Å². The molecular formula is C28H38N4O. The van der Waals surface area contributed by atoms with Crippen LogP contribution in [0.4, 0.5) is 0 Å². The first-order valence-corrected chi connectivity index (χ1v) is 12.3. The molecule has 33 heavy (non-hydrogen) atoms. The molecule has 1 amide bonds. The van der Waals surface area contributed by atoms with Crippen LogP contribution in [0.25, 0.3) is 22.2 Å². The van der Waals surface area contributed by atoms with Crippen LogP contribution in [0, 0.1) is 12.8 Å². The van der Waals surface area contributed by atoms with E-state index in [1.807, 2.05) is 13.1 Å². The third-order valence-electron chi connectivity index (χ3n) is 7.24. The van der Waals surface area contributed by atoms with Gasteiger partial charge in [-0.2, -0.15) is 0 Å². The number of carbonyl (C=O) groups excluding carboxylic acids is 1. The van der Waals surface area contributed by atoms with E-state index in [0.29, 0.717) is 18.4 Å². The number of rotatable bonds is 6. The number of likely N-dealkylation sites (tertiary alicyclic amines) is 1. The lowest BCUT2D eigenvalue weighted by atomic mass is 9.81. The molecule has 0 aliphatic carbocycles. The summed E-state index contributed by atoms with van der Waals surface area (Å²) in [5.41, 5.74) is 12.0. The summed E-state index contributed by atoms with van der Waals surface area (Å²) in [6.45, 7) is 13.0. The molecule has 0 radical (unpaired) electrons. The van der Waals surface area contributed by atoms with Gasteiger partial charge in [0.05, 0.1) is 11.1 Å². The predicted octanol–water partition coefficient (Wildman–Crippen LogP) is 5.53. The Bertz CT molecular complexity index is 1140. The zero-order chi connectivity index (χ0) is 23.8. The average molecular weight is 447 g/mol. The van der Waals surface area contributed by atoms with Crippen molar-refractivity contribution in [3.63, 3.8) is 0 Å². The van der Waals surface area contributed by atoms with Gasteiger partial charge in [-0.1, -0.05) is 19.9 Å². The van der Waals surface area contributed by atoms with Crippen LogP contribution in [0.15, 0.2) is 36.5 Å². The number of hydrogen-bond acceptors (Lipinski definition) is 3. The van der Waals surface area contributed by atoms with Crippen LogP contribution >= 0.6 is 0 Å². The predicted molar refractivity (Wildman–Crippen MR) is 136 cm³/mol. The van der Waals surface area contributed by atoms with Crippen molar-refractivity contribution in [1.82, 2.24) is 14.9 Å². The van der Waals surface area contributed by atoms with Crippen molar-refractivity contribution in [3.05, 3.63) is 53.3 Å². The third-order valence-corrected chi connectivity index (χ3v) is 7.24. The van der Waals surface area contributed by atoms with E-state index in [2.05, 4.69) is 72.9 Å². The van der Waals surface area contributed by atoms with Gasteiger partial charge in [0.1, 0.15) is 0 Å². The molecule has 0 saturated carbocycles. The maximum Gasteiger partial charge on any atom is 0.232 e. The second-order valence-corrected chi connectivity index (χ2v) is 10.5. The Labute approximate surface area is 197 Å². The van der Waals surface area contributed by atoms with Crippen LogP contribution in [0.1, 0.15) is 69.7 Å². The SMILES string of the molecule is Cc1cc(-c2[nH]c3ccc(C(C)(C)C(=O)N4CCCC(CCN)C4)cc3c2C(C)C)ccn1. The molecule has 1 unspecified atom stereocenters. The highest BCUT2D eigenvalue weighted by Crippen LogP contribution is 2.38. The normalized spacial score (nSPS) is 17.2. The zero-order valence-electron chi connectivity index (χ0n) is 20.7. The summed E-state index contributed by atoms with van der Waals surface area (Å²) in [6, 6.07) is 10.7. The van der Waals surface area contributed by atoms with Gasteiger partial charge < -0.3 is 15.6 Å². The summed E-state index contributed by atoms with van der Waals surface area (Å²) in [7, 11) is 0. The maximum absolute atomic E-state index is 13.7. The number of nitrogens with one attached hydrogen (secondary N) is 1. The lowest BCUT2D eigenvalue weighted by Crippen LogP contribution is -2.48. The summed E-state index contributed by atoms with van der Waals surface area (Å²) < 4.78 is 0. The Morgan fingerprint density at radius 1 is 1.27 bits per heavy atom. The van der Waals surface area contributed by atoms with Gasteiger partial charge in [-0.3, -0.25) is 9.78 Å². The van der Waals surface area contributed by atoms with Crippen LogP contribution in [0.3, 0.4) is 0 Å². The van der Waals surface area contributed by atoms with Crippen molar-refractivity contribution in [2.75, 3.05) is 19.6 Å². The molecule has 5 heteroatoms. The van der Waals surface area contributed by atoms with Gasteiger partial charge in [0, 0.05) is 41.4 Å². The molecule has 1 saturated heterocycles. The van der Waals surface area contributed by atoms with Crippen LogP contribution in [-0.4, -0.2) is 40.4 Å². The number of H-pyrrole nitrogens is 1. The molecule has 2 aromatic heterocycles. The number of nitrogens with two attached hydrogens (primary N) is 1. The van der Waals surface area contributed by atoms with Gasteiger partial charge in [0.15, 0.2) is 0 Å². The van der Waals surface area contributed by atoms with E-state index in [1.54, 1.807) is 0 Å². The Morgan fingerprint density at radius 2 is 2.06 bits per heavy atom. The quantitative estimate of drug-likeness (QED) is 0.523. The zero-order valence-corrected chi connectivity index (χ0v) is 20.7. The molecule has 176 valence electrons. The van der Waals surface area contributed by atoms with Crippen molar-refractivity contribution >= 4 is 16.8 Å². The summed E-state index contributed by atoms with van der Waals surface area (Å²) >= 11 is 0. The average Bonchev–Trinajstić information content (AvgIpc) is 3.18. The van der Waals surface area contributed by atoms with Crippen molar-refractivity contribution in [2.45, 2.75) is 65.2 Å². The standard InChI is InChI=1S/C28H38N4O/c1-18(2)25-23-16-22(8-9-24(23)31-26(25)21-11-13-30-19(3)15-21)28(4,5)27(33)32-14-6-7-20(17-32)10-12-29/h8-9,11,13,15-16,18,20,31H,6-7,10,12,14,17,29H2,1-5H3. The fraction of sp³-hybridized carbons (Fsp3) is 0.500. The fourth-order valence-corrected chi connectivity index (χ4v) is 5.37. The lowest BCUT2D eigenvalue weighted by molar-refractivity contribution is -0.138. The molecule has 3 N–H and O–H groups in total. The topological polar surface area (TPSA) is 75.0 Å². The lowest BCUT2D eigenvalue weighted by Gasteiger charge is -2.38. The number of aromatic nitrogens is 2. The molecule has 4 rings (SSSR count). The molecule has 1 aliphatic heterocycles. The van der Waals surface area contributed by atoms with Crippen LogP contribution in [0.5, 0.6) is 0 Å². The van der Waals surface area contributed by atoms with Gasteiger partial charge in [0.25, 0.3) is 0 Å². The summed E-state index contributed by atoms with van der Waals surface area (Å²) in [4.78, 5) is 23.7. The van der Waals surface area contributed by atoms with Gasteiger partial charge in [-0.05, 0) is 93.8 Å². The number of hydrogen-bond donors (Lipinski definition) is 2. The van der Waals surface area contributed by atoms with Crippen molar-refractivity contribution < 1.29 is 4.79 Å².